The summed E-state index contributed by atoms with van der Waals surface area (Å²) < 4.78 is 15.5. The van der Waals surface area contributed by atoms with E-state index < -0.39 is 11.9 Å². The minimum Gasteiger partial charge on any atom is -0.342 e. The van der Waals surface area contributed by atoms with Crippen LogP contribution >= 0.6 is 0 Å². The molecule has 1 amide bonds. The predicted octanol–water partition coefficient (Wildman–Crippen LogP) is 1.25. The molecule has 20 heavy (non-hydrogen) atoms. The summed E-state index contributed by atoms with van der Waals surface area (Å²) in [5, 5.41) is 10.9. The lowest BCUT2D eigenvalue weighted by Gasteiger charge is -2.13. The first-order valence-electron chi connectivity index (χ1n) is 6.50. The molecule has 0 saturated heterocycles. The number of amides is 1. The highest BCUT2D eigenvalue weighted by molar-refractivity contribution is 5.94. The van der Waals surface area contributed by atoms with Crippen molar-refractivity contribution in [2.45, 2.75) is 32.4 Å². The minimum absolute atomic E-state index is 0.0690. The fraction of sp³-hybridized carbons (Fsp3) is 0.385. The van der Waals surface area contributed by atoms with Gasteiger partial charge in [0.2, 0.25) is 5.95 Å². The molecule has 104 valence electrons. The fourth-order valence-corrected chi connectivity index (χ4v) is 2.39. The first kappa shape index (κ1) is 12.7. The number of nitrogens with zero attached hydrogens (tertiary/aromatic N) is 4. The van der Waals surface area contributed by atoms with Crippen LogP contribution in [-0.2, 0) is 13.0 Å². The van der Waals surface area contributed by atoms with Crippen LogP contribution in [-0.4, -0.2) is 25.7 Å². The average molecular weight is 275 g/mol. The minimum atomic E-state index is -0.774. The zero-order chi connectivity index (χ0) is 14.1. The maximum atomic E-state index is 13.4. The molecule has 2 aromatic heterocycles. The van der Waals surface area contributed by atoms with Crippen molar-refractivity contribution in [1.82, 2.24) is 25.1 Å². The molecule has 2 aromatic rings. The van der Waals surface area contributed by atoms with Gasteiger partial charge in [0.05, 0.1) is 11.6 Å². The Hall–Kier alpha value is -2.31. The maximum Gasteiger partial charge on any atom is 0.256 e. The Morgan fingerprint density at radius 1 is 1.50 bits per heavy atom. The SMILES string of the molecule is CC(NC(=O)c1cccnc1F)c1nnc2n1CCC2. The number of hydrogen-bond acceptors (Lipinski definition) is 4. The van der Waals surface area contributed by atoms with E-state index in [9.17, 15) is 9.18 Å². The highest BCUT2D eigenvalue weighted by atomic mass is 19.1. The van der Waals surface area contributed by atoms with E-state index in [1.54, 1.807) is 0 Å². The van der Waals surface area contributed by atoms with Crippen molar-refractivity contribution in [3.05, 3.63) is 41.5 Å². The molecule has 0 aromatic carbocycles. The third-order valence-electron chi connectivity index (χ3n) is 3.38. The Balaban J connectivity index is 1.77. The zero-order valence-electron chi connectivity index (χ0n) is 11.0. The fourth-order valence-electron chi connectivity index (χ4n) is 2.39. The number of carbonyl (C=O) groups is 1. The second-order valence-electron chi connectivity index (χ2n) is 4.77. The summed E-state index contributed by atoms with van der Waals surface area (Å²) in [7, 11) is 0. The molecule has 0 aliphatic carbocycles. The summed E-state index contributed by atoms with van der Waals surface area (Å²) in [5.74, 6) is 0.367. The van der Waals surface area contributed by atoms with Gasteiger partial charge in [-0.3, -0.25) is 4.79 Å². The quantitative estimate of drug-likeness (QED) is 0.856. The van der Waals surface area contributed by atoms with Crippen molar-refractivity contribution in [3.63, 3.8) is 0 Å². The molecule has 1 N–H and O–H groups in total. The topological polar surface area (TPSA) is 72.7 Å². The molecule has 0 spiro atoms. The van der Waals surface area contributed by atoms with Crippen molar-refractivity contribution >= 4 is 5.91 Å². The van der Waals surface area contributed by atoms with Crippen molar-refractivity contribution in [2.75, 3.05) is 0 Å². The van der Waals surface area contributed by atoms with Crippen molar-refractivity contribution in [1.29, 1.82) is 0 Å². The highest BCUT2D eigenvalue weighted by Crippen LogP contribution is 2.19. The second-order valence-corrected chi connectivity index (χ2v) is 4.77. The van der Waals surface area contributed by atoms with Crippen LogP contribution in [0.4, 0.5) is 4.39 Å². The first-order valence-corrected chi connectivity index (χ1v) is 6.50. The van der Waals surface area contributed by atoms with Gasteiger partial charge in [-0.15, -0.1) is 10.2 Å². The van der Waals surface area contributed by atoms with Gasteiger partial charge in [0, 0.05) is 19.2 Å². The van der Waals surface area contributed by atoms with Gasteiger partial charge in [-0.25, -0.2) is 4.98 Å². The van der Waals surface area contributed by atoms with E-state index in [1.807, 2.05) is 11.5 Å². The molecule has 0 radical (unpaired) electrons. The molecule has 3 heterocycles. The van der Waals surface area contributed by atoms with Crippen LogP contribution in [0.15, 0.2) is 18.3 Å². The Morgan fingerprint density at radius 3 is 3.15 bits per heavy atom. The molecule has 1 atom stereocenters. The Bertz CT molecular complexity index is 654. The van der Waals surface area contributed by atoms with Gasteiger partial charge in [0.15, 0.2) is 5.82 Å². The number of hydrogen-bond donors (Lipinski definition) is 1. The molecule has 0 fully saturated rings. The van der Waals surface area contributed by atoms with Crippen molar-refractivity contribution in [2.24, 2.45) is 0 Å². The van der Waals surface area contributed by atoms with E-state index in [2.05, 4.69) is 20.5 Å². The summed E-state index contributed by atoms with van der Waals surface area (Å²) in [5.41, 5.74) is -0.0690. The molecule has 0 bridgehead atoms. The smallest absolute Gasteiger partial charge is 0.256 e. The normalized spacial score (nSPS) is 14.9. The third kappa shape index (κ3) is 2.15. The molecule has 1 unspecified atom stereocenters. The summed E-state index contributed by atoms with van der Waals surface area (Å²) in [4.78, 5) is 15.5. The summed E-state index contributed by atoms with van der Waals surface area (Å²) >= 11 is 0. The number of nitrogens with one attached hydrogen (secondary N) is 1. The summed E-state index contributed by atoms with van der Waals surface area (Å²) in [6.45, 7) is 2.67. The van der Waals surface area contributed by atoms with E-state index in [0.717, 1.165) is 25.2 Å². The lowest BCUT2D eigenvalue weighted by Crippen LogP contribution is -2.29. The van der Waals surface area contributed by atoms with Gasteiger partial charge >= 0.3 is 0 Å². The van der Waals surface area contributed by atoms with E-state index in [-0.39, 0.29) is 11.6 Å². The van der Waals surface area contributed by atoms with Crippen LogP contribution in [0.2, 0.25) is 0 Å². The monoisotopic (exact) mass is 275 g/mol. The number of aryl methyl sites for hydroxylation is 1. The standard InChI is InChI=1S/C13H14FN5O/c1-8(12-18-17-10-5-3-7-19(10)12)16-13(20)9-4-2-6-15-11(9)14/h2,4,6,8H,3,5,7H2,1H3,(H,16,20). The summed E-state index contributed by atoms with van der Waals surface area (Å²) in [6, 6.07) is 2.59. The maximum absolute atomic E-state index is 13.4. The van der Waals surface area contributed by atoms with E-state index in [4.69, 9.17) is 0 Å². The van der Waals surface area contributed by atoms with Gasteiger partial charge in [-0.1, -0.05) is 0 Å². The van der Waals surface area contributed by atoms with Crippen LogP contribution in [0.25, 0.3) is 0 Å². The van der Waals surface area contributed by atoms with Gasteiger partial charge in [0.25, 0.3) is 5.91 Å². The lowest BCUT2D eigenvalue weighted by atomic mass is 10.2. The van der Waals surface area contributed by atoms with Gasteiger partial charge < -0.3 is 9.88 Å². The third-order valence-corrected chi connectivity index (χ3v) is 3.38. The van der Waals surface area contributed by atoms with Crippen LogP contribution in [0, 0.1) is 5.95 Å². The molecule has 1 aliphatic rings. The average Bonchev–Trinajstić information content (AvgIpc) is 3.00. The molecule has 0 saturated carbocycles. The first-order chi connectivity index (χ1) is 9.66. The van der Waals surface area contributed by atoms with Crippen LogP contribution in [0.5, 0.6) is 0 Å². The number of aromatic nitrogens is 4. The summed E-state index contributed by atoms with van der Waals surface area (Å²) in [6.07, 6.45) is 3.25. The van der Waals surface area contributed by atoms with Crippen molar-refractivity contribution in [3.8, 4) is 0 Å². The highest BCUT2D eigenvalue weighted by Gasteiger charge is 2.23. The van der Waals surface area contributed by atoms with Crippen LogP contribution < -0.4 is 5.32 Å². The Kier molecular flexibility index (Phi) is 3.17. The number of carbonyl (C=O) groups excluding carboxylic acids is 1. The molecular weight excluding hydrogens is 261 g/mol. The Labute approximate surface area is 115 Å². The molecule has 6 nitrogen and oxygen atoms in total. The van der Waals surface area contributed by atoms with Gasteiger partial charge in [-0.05, 0) is 25.5 Å². The molecular formula is C13H14FN5O. The van der Waals surface area contributed by atoms with E-state index in [0.29, 0.717) is 5.82 Å². The number of halogens is 1. The van der Waals surface area contributed by atoms with Gasteiger partial charge in [-0.2, -0.15) is 4.39 Å². The number of fused-ring (bicyclic) bond motifs is 1. The largest absolute Gasteiger partial charge is 0.342 e. The Morgan fingerprint density at radius 2 is 2.35 bits per heavy atom. The zero-order valence-corrected chi connectivity index (χ0v) is 11.0. The van der Waals surface area contributed by atoms with Gasteiger partial charge in [0.1, 0.15) is 5.82 Å². The lowest BCUT2D eigenvalue weighted by molar-refractivity contribution is 0.0932. The van der Waals surface area contributed by atoms with Crippen molar-refractivity contribution < 1.29 is 9.18 Å². The van der Waals surface area contributed by atoms with E-state index in [1.165, 1.54) is 18.3 Å². The number of rotatable bonds is 3. The molecule has 3 rings (SSSR count). The predicted molar refractivity (Wildman–Crippen MR) is 68.4 cm³/mol. The van der Waals surface area contributed by atoms with Crippen LogP contribution in [0.3, 0.4) is 0 Å². The molecule has 7 heteroatoms. The second kappa shape index (κ2) is 4.99. The van der Waals surface area contributed by atoms with E-state index >= 15 is 0 Å². The van der Waals surface area contributed by atoms with Crippen LogP contribution in [0.1, 0.15) is 41.4 Å². The molecule has 1 aliphatic heterocycles. The number of pyridine rings is 1.